The second kappa shape index (κ2) is 7.11. The van der Waals surface area contributed by atoms with Gasteiger partial charge in [0.2, 0.25) is 11.8 Å². The van der Waals surface area contributed by atoms with Crippen LogP contribution >= 0.6 is 12.4 Å². The highest BCUT2D eigenvalue weighted by atomic mass is 35.5. The van der Waals surface area contributed by atoms with Gasteiger partial charge in [0.15, 0.2) is 0 Å². The lowest BCUT2D eigenvalue weighted by atomic mass is 10.2. The molecule has 0 saturated carbocycles. The van der Waals surface area contributed by atoms with Crippen molar-refractivity contribution in [3.63, 3.8) is 0 Å². The first kappa shape index (κ1) is 15.5. The lowest BCUT2D eigenvalue weighted by Gasteiger charge is -2.12. The van der Waals surface area contributed by atoms with E-state index in [1.54, 1.807) is 24.3 Å². The zero-order valence-corrected chi connectivity index (χ0v) is 11.5. The standard InChI is InChI=1S/C13H17N3O2.ClH/c1-9(17)15-10-4-2-5-11(8-10)16-13(18)12-6-3-7-14-12;/h2,4-5,8,12,14H,3,6-7H2,1H3,(H,15,17)(H,16,18);1H/t12-;/m0./s1. The summed E-state index contributed by atoms with van der Waals surface area (Å²) < 4.78 is 0. The van der Waals surface area contributed by atoms with Gasteiger partial charge in [-0.2, -0.15) is 0 Å². The highest BCUT2D eigenvalue weighted by molar-refractivity contribution is 5.96. The Balaban J connectivity index is 0.00000180. The quantitative estimate of drug-likeness (QED) is 0.792. The van der Waals surface area contributed by atoms with E-state index in [0.717, 1.165) is 19.4 Å². The molecule has 1 fully saturated rings. The first-order valence-electron chi connectivity index (χ1n) is 6.07. The molecule has 0 unspecified atom stereocenters. The number of hydrogen-bond acceptors (Lipinski definition) is 3. The molecule has 19 heavy (non-hydrogen) atoms. The molecule has 0 aliphatic carbocycles. The number of halogens is 1. The maximum absolute atomic E-state index is 11.9. The fourth-order valence-electron chi connectivity index (χ4n) is 2.02. The zero-order chi connectivity index (χ0) is 13.0. The van der Waals surface area contributed by atoms with Crippen LogP contribution in [-0.2, 0) is 9.59 Å². The average molecular weight is 284 g/mol. The van der Waals surface area contributed by atoms with Crippen LogP contribution in [0.3, 0.4) is 0 Å². The Morgan fingerprint density at radius 2 is 1.95 bits per heavy atom. The molecule has 0 spiro atoms. The maximum Gasteiger partial charge on any atom is 0.241 e. The fraction of sp³-hybridized carbons (Fsp3) is 0.385. The molecular formula is C13H18ClN3O2. The van der Waals surface area contributed by atoms with Crippen molar-refractivity contribution >= 4 is 35.6 Å². The van der Waals surface area contributed by atoms with Crippen LogP contribution in [0.4, 0.5) is 11.4 Å². The molecule has 1 aromatic carbocycles. The van der Waals surface area contributed by atoms with E-state index in [2.05, 4.69) is 16.0 Å². The predicted molar refractivity (Wildman–Crippen MR) is 77.6 cm³/mol. The van der Waals surface area contributed by atoms with Gasteiger partial charge in [-0.05, 0) is 37.6 Å². The molecule has 0 bridgehead atoms. The Kier molecular flexibility index (Phi) is 5.79. The maximum atomic E-state index is 11.9. The molecule has 0 radical (unpaired) electrons. The number of rotatable bonds is 3. The molecule has 0 aromatic heterocycles. The second-order valence-electron chi connectivity index (χ2n) is 4.40. The van der Waals surface area contributed by atoms with Gasteiger partial charge < -0.3 is 16.0 Å². The predicted octanol–water partition coefficient (Wildman–Crippen LogP) is 1.76. The van der Waals surface area contributed by atoms with Crippen LogP contribution in [0.1, 0.15) is 19.8 Å². The summed E-state index contributed by atoms with van der Waals surface area (Å²) in [7, 11) is 0. The molecule has 1 aromatic rings. The SMILES string of the molecule is CC(=O)Nc1cccc(NC(=O)[C@@H]2CCCN2)c1.Cl. The lowest BCUT2D eigenvalue weighted by Crippen LogP contribution is -2.35. The van der Waals surface area contributed by atoms with Crippen molar-refractivity contribution in [2.45, 2.75) is 25.8 Å². The minimum absolute atomic E-state index is 0. The monoisotopic (exact) mass is 283 g/mol. The molecule has 2 rings (SSSR count). The van der Waals surface area contributed by atoms with Crippen molar-refractivity contribution in [1.29, 1.82) is 0 Å². The number of carbonyl (C=O) groups is 2. The Morgan fingerprint density at radius 1 is 1.26 bits per heavy atom. The van der Waals surface area contributed by atoms with Gasteiger partial charge in [-0.15, -0.1) is 12.4 Å². The molecule has 1 saturated heterocycles. The van der Waals surface area contributed by atoms with Crippen molar-refractivity contribution in [2.24, 2.45) is 0 Å². The van der Waals surface area contributed by atoms with Crippen LogP contribution in [0.15, 0.2) is 24.3 Å². The van der Waals surface area contributed by atoms with Gasteiger partial charge in [0.05, 0.1) is 6.04 Å². The zero-order valence-electron chi connectivity index (χ0n) is 10.7. The molecule has 1 aliphatic heterocycles. The number of carbonyl (C=O) groups excluding carboxylic acids is 2. The third-order valence-electron chi connectivity index (χ3n) is 2.83. The van der Waals surface area contributed by atoms with Crippen molar-refractivity contribution in [3.8, 4) is 0 Å². The van der Waals surface area contributed by atoms with Crippen LogP contribution in [0.5, 0.6) is 0 Å². The highest BCUT2D eigenvalue weighted by Gasteiger charge is 2.21. The summed E-state index contributed by atoms with van der Waals surface area (Å²) in [5, 5.41) is 8.67. The number of amides is 2. The first-order chi connectivity index (χ1) is 8.65. The second-order valence-corrected chi connectivity index (χ2v) is 4.40. The Bertz CT molecular complexity index is 459. The van der Waals surface area contributed by atoms with Gasteiger partial charge in [0.25, 0.3) is 0 Å². The van der Waals surface area contributed by atoms with Gasteiger partial charge in [-0.3, -0.25) is 9.59 Å². The molecule has 1 aliphatic rings. The van der Waals surface area contributed by atoms with E-state index < -0.39 is 0 Å². The topological polar surface area (TPSA) is 70.2 Å². The minimum atomic E-state index is -0.129. The molecule has 1 heterocycles. The van der Waals surface area contributed by atoms with Crippen molar-refractivity contribution < 1.29 is 9.59 Å². The molecule has 2 amide bonds. The van der Waals surface area contributed by atoms with Gasteiger partial charge in [-0.1, -0.05) is 6.07 Å². The number of hydrogen-bond donors (Lipinski definition) is 3. The van der Waals surface area contributed by atoms with E-state index in [0.29, 0.717) is 11.4 Å². The van der Waals surface area contributed by atoms with Gasteiger partial charge in [-0.25, -0.2) is 0 Å². The Hall–Kier alpha value is -1.59. The number of anilines is 2. The molecule has 3 N–H and O–H groups in total. The molecule has 6 heteroatoms. The fourth-order valence-corrected chi connectivity index (χ4v) is 2.02. The van der Waals surface area contributed by atoms with Crippen molar-refractivity contribution in [2.75, 3.05) is 17.2 Å². The molecule has 5 nitrogen and oxygen atoms in total. The van der Waals surface area contributed by atoms with E-state index >= 15 is 0 Å². The van der Waals surface area contributed by atoms with E-state index in [4.69, 9.17) is 0 Å². The van der Waals surface area contributed by atoms with Crippen molar-refractivity contribution in [1.82, 2.24) is 5.32 Å². The average Bonchev–Trinajstić information content (AvgIpc) is 2.81. The smallest absolute Gasteiger partial charge is 0.241 e. The van der Waals surface area contributed by atoms with E-state index in [-0.39, 0.29) is 30.3 Å². The third kappa shape index (κ3) is 4.54. The van der Waals surface area contributed by atoms with Crippen LogP contribution < -0.4 is 16.0 Å². The summed E-state index contributed by atoms with van der Waals surface area (Å²) >= 11 is 0. The van der Waals surface area contributed by atoms with Crippen LogP contribution in [-0.4, -0.2) is 24.4 Å². The van der Waals surface area contributed by atoms with Crippen LogP contribution in [0, 0.1) is 0 Å². The summed E-state index contributed by atoms with van der Waals surface area (Å²) in [6.45, 7) is 2.34. The minimum Gasteiger partial charge on any atom is -0.326 e. The summed E-state index contributed by atoms with van der Waals surface area (Å²) in [6.07, 6.45) is 1.90. The van der Waals surface area contributed by atoms with E-state index in [9.17, 15) is 9.59 Å². The largest absolute Gasteiger partial charge is 0.326 e. The normalized spacial score (nSPS) is 17.4. The van der Waals surface area contributed by atoms with Crippen LogP contribution in [0.2, 0.25) is 0 Å². The Morgan fingerprint density at radius 3 is 2.53 bits per heavy atom. The lowest BCUT2D eigenvalue weighted by molar-refractivity contribution is -0.117. The third-order valence-corrected chi connectivity index (χ3v) is 2.83. The van der Waals surface area contributed by atoms with Gasteiger partial charge >= 0.3 is 0 Å². The summed E-state index contributed by atoms with van der Waals surface area (Å²) in [6, 6.07) is 7.02. The van der Waals surface area contributed by atoms with Gasteiger partial charge in [0, 0.05) is 18.3 Å². The number of benzene rings is 1. The van der Waals surface area contributed by atoms with E-state index in [1.807, 2.05) is 0 Å². The summed E-state index contributed by atoms with van der Waals surface area (Å²) in [4.78, 5) is 22.8. The number of nitrogens with one attached hydrogen (secondary N) is 3. The van der Waals surface area contributed by atoms with Crippen molar-refractivity contribution in [3.05, 3.63) is 24.3 Å². The summed E-state index contributed by atoms with van der Waals surface area (Å²) in [5.74, 6) is -0.150. The Labute approximate surface area is 118 Å². The van der Waals surface area contributed by atoms with Gasteiger partial charge in [0.1, 0.15) is 0 Å². The summed E-state index contributed by atoms with van der Waals surface area (Å²) in [5.41, 5.74) is 1.37. The molecular weight excluding hydrogens is 266 g/mol. The molecule has 1 atom stereocenters. The first-order valence-corrected chi connectivity index (χ1v) is 6.07. The highest BCUT2D eigenvalue weighted by Crippen LogP contribution is 2.16. The molecule has 104 valence electrons. The van der Waals surface area contributed by atoms with Crippen LogP contribution in [0.25, 0.3) is 0 Å². The van der Waals surface area contributed by atoms with E-state index in [1.165, 1.54) is 6.92 Å².